The molecular weight excluding hydrogens is 296 g/mol. The molecule has 1 atom stereocenters. The molecule has 0 radical (unpaired) electrons. The maximum Gasteiger partial charge on any atom is 0.140 e. The van der Waals surface area contributed by atoms with Crippen molar-refractivity contribution in [2.45, 2.75) is 32.2 Å². The Labute approximate surface area is 143 Å². The molecule has 0 saturated heterocycles. The molecule has 4 heteroatoms. The molecule has 24 heavy (non-hydrogen) atoms. The lowest BCUT2D eigenvalue weighted by atomic mass is 10.1. The topological polar surface area (TPSA) is 55.9 Å². The molecule has 0 aliphatic heterocycles. The second kappa shape index (κ2) is 7.49. The molecule has 1 unspecified atom stereocenters. The predicted octanol–water partition coefficient (Wildman–Crippen LogP) is 4.17. The number of anilines is 1. The van der Waals surface area contributed by atoms with Crippen molar-refractivity contribution < 1.29 is 0 Å². The van der Waals surface area contributed by atoms with Crippen LogP contribution in [0.25, 0.3) is 22.4 Å². The molecule has 2 aromatic carbocycles. The number of nitrogens with zero attached hydrogens (tertiary/aromatic N) is 2. The van der Waals surface area contributed by atoms with E-state index in [1.54, 1.807) is 0 Å². The van der Waals surface area contributed by atoms with E-state index in [4.69, 9.17) is 10.7 Å². The van der Waals surface area contributed by atoms with E-state index in [1.807, 2.05) is 12.1 Å². The molecule has 1 heterocycles. The van der Waals surface area contributed by atoms with Gasteiger partial charge in [-0.25, -0.2) is 4.98 Å². The smallest absolute Gasteiger partial charge is 0.140 e. The summed E-state index contributed by atoms with van der Waals surface area (Å²) in [5.74, 6) is 0.988. The van der Waals surface area contributed by atoms with E-state index < -0.39 is 0 Å². The van der Waals surface area contributed by atoms with Crippen LogP contribution in [0, 0.1) is 0 Å². The molecule has 126 valence electrons. The third kappa shape index (κ3) is 3.60. The van der Waals surface area contributed by atoms with Gasteiger partial charge in [0, 0.05) is 30.9 Å². The van der Waals surface area contributed by atoms with Gasteiger partial charge < -0.3 is 15.6 Å². The van der Waals surface area contributed by atoms with Crippen LogP contribution in [0.4, 0.5) is 5.69 Å². The van der Waals surface area contributed by atoms with Crippen LogP contribution in [0.5, 0.6) is 0 Å². The van der Waals surface area contributed by atoms with Gasteiger partial charge in [-0.2, -0.15) is 0 Å². The summed E-state index contributed by atoms with van der Waals surface area (Å²) in [6.45, 7) is 3.07. The predicted molar refractivity (Wildman–Crippen MR) is 102 cm³/mol. The van der Waals surface area contributed by atoms with Gasteiger partial charge in [-0.3, -0.25) is 0 Å². The van der Waals surface area contributed by atoms with Crippen molar-refractivity contribution in [3.63, 3.8) is 0 Å². The first kappa shape index (κ1) is 16.5. The molecule has 0 bridgehead atoms. The van der Waals surface area contributed by atoms with Crippen LogP contribution in [-0.2, 0) is 7.05 Å². The summed E-state index contributed by atoms with van der Waals surface area (Å²) in [6, 6.07) is 16.9. The minimum absolute atomic E-state index is 0.283. The number of nitrogens with two attached hydrogens (primary N) is 1. The van der Waals surface area contributed by atoms with Gasteiger partial charge in [0.2, 0.25) is 0 Å². The molecule has 1 aromatic heterocycles. The molecule has 0 saturated carbocycles. The highest BCUT2D eigenvalue weighted by Gasteiger charge is 2.09. The van der Waals surface area contributed by atoms with E-state index in [0.29, 0.717) is 0 Å². The van der Waals surface area contributed by atoms with Crippen LogP contribution in [0.15, 0.2) is 48.5 Å². The first-order valence-electron chi connectivity index (χ1n) is 8.70. The van der Waals surface area contributed by atoms with Gasteiger partial charge >= 0.3 is 0 Å². The largest absolute Gasteiger partial charge is 0.385 e. The Balaban J connectivity index is 1.76. The lowest BCUT2D eigenvalue weighted by molar-refractivity contribution is 0.575. The lowest BCUT2D eigenvalue weighted by Gasteiger charge is -2.12. The highest BCUT2D eigenvalue weighted by atomic mass is 15.1. The number of fused-ring (bicyclic) bond motifs is 1. The Morgan fingerprint density at radius 3 is 2.75 bits per heavy atom. The van der Waals surface area contributed by atoms with Gasteiger partial charge in [0.05, 0.1) is 11.0 Å². The van der Waals surface area contributed by atoms with Gasteiger partial charge in [-0.1, -0.05) is 37.6 Å². The molecule has 4 nitrogen and oxygen atoms in total. The summed E-state index contributed by atoms with van der Waals surface area (Å²) in [7, 11) is 2.06. The zero-order valence-electron chi connectivity index (χ0n) is 14.5. The number of aryl methyl sites for hydroxylation is 1. The fourth-order valence-electron chi connectivity index (χ4n) is 3.09. The molecule has 0 spiro atoms. The number of aromatic nitrogens is 2. The molecule has 3 aromatic rings. The zero-order chi connectivity index (χ0) is 16.9. The summed E-state index contributed by atoms with van der Waals surface area (Å²) >= 11 is 0. The Morgan fingerprint density at radius 1 is 1.12 bits per heavy atom. The first-order valence-corrected chi connectivity index (χ1v) is 8.70. The molecule has 0 aliphatic carbocycles. The molecule has 3 rings (SSSR count). The van der Waals surface area contributed by atoms with E-state index >= 15 is 0 Å². The number of rotatable bonds is 7. The van der Waals surface area contributed by atoms with Crippen LogP contribution < -0.4 is 11.1 Å². The van der Waals surface area contributed by atoms with E-state index in [2.05, 4.69) is 60.3 Å². The SMILES string of the molecule is CCCC(N)CCNc1cccc(-c2nc3ccccc3n2C)c1. The quantitative estimate of drug-likeness (QED) is 0.686. The van der Waals surface area contributed by atoms with Crippen LogP contribution in [0.1, 0.15) is 26.2 Å². The maximum atomic E-state index is 6.08. The Morgan fingerprint density at radius 2 is 1.96 bits per heavy atom. The number of hydrogen-bond acceptors (Lipinski definition) is 3. The third-order valence-corrected chi connectivity index (χ3v) is 4.41. The second-order valence-corrected chi connectivity index (χ2v) is 6.33. The maximum absolute atomic E-state index is 6.08. The number of para-hydroxylation sites is 2. The fraction of sp³-hybridized carbons (Fsp3) is 0.350. The summed E-state index contributed by atoms with van der Waals surface area (Å²) in [5, 5.41) is 3.48. The normalized spacial score (nSPS) is 12.5. The summed E-state index contributed by atoms with van der Waals surface area (Å²) in [4.78, 5) is 4.77. The van der Waals surface area contributed by atoms with Crippen molar-refractivity contribution in [1.82, 2.24) is 9.55 Å². The van der Waals surface area contributed by atoms with Gasteiger partial charge in [0.25, 0.3) is 0 Å². The van der Waals surface area contributed by atoms with Crippen LogP contribution in [-0.4, -0.2) is 22.1 Å². The van der Waals surface area contributed by atoms with E-state index in [9.17, 15) is 0 Å². The zero-order valence-corrected chi connectivity index (χ0v) is 14.5. The van der Waals surface area contributed by atoms with E-state index in [-0.39, 0.29) is 6.04 Å². The monoisotopic (exact) mass is 322 g/mol. The second-order valence-electron chi connectivity index (χ2n) is 6.33. The minimum atomic E-state index is 0.283. The lowest BCUT2D eigenvalue weighted by Crippen LogP contribution is -2.22. The minimum Gasteiger partial charge on any atom is -0.385 e. The number of benzene rings is 2. The molecule has 3 N–H and O–H groups in total. The first-order chi connectivity index (χ1) is 11.7. The number of hydrogen-bond donors (Lipinski definition) is 2. The van der Waals surface area contributed by atoms with Crippen LogP contribution in [0.3, 0.4) is 0 Å². The third-order valence-electron chi connectivity index (χ3n) is 4.41. The van der Waals surface area contributed by atoms with Crippen molar-refractivity contribution in [2.24, 2.45) is 12.8 Å². The highest BCUT2D eigenvalue weighted by Crippen LogP contribution is 2.25. The highest BCUT2D eigenvalue weighted by molar-refractivity contribution is 5.81. The summed E-state index contributed by atoms with van der Waals surface area (Å²) in [6.07, 6.45) is 3.22. The Hall–Kier alpha value is -2.33. The number of imidazole rings is 1. The Kier molecular flexibility index (Phi) is 5.16. The van der Waals surface area contributed by atoms with Gasteiger partial charge in [0.15, 0.2) is 0 Å². The average Bonchev–Trinajstić information content (AvgIpc) is 2.93. The molecule has 0 amide bonds. The van der Waals surface area contributed by atoms with Crippen molar-refractivity contribution in [3.8, 4) is 11.4 Å². The van der Waals surface area contributed by atoms with Gasteiger partial charge in [-0.05, 0) is 37.1 Å². The molecule has 0 aliphatic rings. The van der Waals surface area contributed by atoms with Crippen molar-refractivity contribution >= 4 is 16.7 Å². The van der Waals surface area contributed by atoms with Crippen molar-refractivity contribution in [3.05, 3.63) is 48.5 Å². The molecule has 0 fully saturated rings. The Bertz CT molecular complexity index is 806. The summed E-state index contributed by atoms with van der Waals surface area (Å²) < 4.78 is 2.14. The number of nitrogens with one attached hydrogen (secondary N) is 1. The van der Waals surface area contributed by atoms with Gasteiger partial charge in [-0.15, -0.1) is 0 Å². The van der Waals surface area contributed by atoms with E-state index in [0.717, 1.165) is 53.9 Å². The standard InChI is InChI=1S/C20H26N4/c1-3-7-16(21)12-13-22-17-9-6-8-15(14-17)20-23-18-10-4-5-11-19(18)24(20)2/h4-6,8-11,14,16,22H,3,7,12-13,21H2,1-2H3. The average molecular weight is 322 g/mol. The van der Waals surface area contributed by atoms with Crippen molar-refractivity contribution in [1.29, 1.82) is 0 Å². The molecular formula is C20H26N4. The van der Waals surface area contributed by atoms with E-state index in [1.165, 1.54) is 0 Å². The fourth-order valence-corrected chi connectivity index (χ4v) is 3.09. The van der Waals surface area contributed by atoms with Crippen molar-refractivity contribution in [2.75, 3.05) is 11.9 Å². The van der Waals surface area contributed by atoms with Crippen LogP contribution >= 0.6 is 0 Å². The summed E-state index contributed by atoms with van der Waals surface area (Å²) in [5.41, 5.74) is 10.5. The van der Waals surface area contributed by atoms with Crippen LogP contribution in [0.2, 0.25) is 0 Å². The van der Waals surface area contributed by atoms with Gasteiger partial charge in [0.1, 0.15) is 5.82 Å².